The van der Waals surface area contributed by atoms with Crippen LogP contribution in [0.25, 0.3) is 0 Å². The minimum atomic E-state index is -2.86. The molecular formula is C21H23OPSn. The van der Waals surface area contributed by atoms with Crippen LogP contribution in [-0.2, 0) is 4.57 Å². The molecule has 3 aromatic carbocycles. The summed E-state index contributed by atoms with van der Waals surface area (Å²) in [5.41, 5.74) is 0. The molecule has 0 aliphatic carbocycles. The topological polar surface area (TPSA) is 17.1 Å². The Labute approximate surface area is 149 Å². The molecular weight excluding hydrogens is 418 g/mol. The van der Waals surface area contributed by atoms with Gasteiger partial charge in [0.05, 0.1) is 0 Å². The van der Waals surface area contributed by atoms with Crippen LogP contribution in [0.15, 0.2) is 84.9 Å². The van der Waals surface area contributed by atoms with E-state index in [0.717, 1.165) is 15.9 Å². The van der Waals surface area contributed by atoms with Crippen molar-refractivity contribution in [3.8, 4) is 0 Å². The van der Waals surface area contributed by atoms with Crippen LogP contribution < -0.4 is 19.5 Å². The third kappa shape index (κ3) is 3.25. The van der Waals surface area contributed by atoms with Gasteiger partial charge in [0, 0.05) is 0 Å². The Hall–Kier alpha value is -1.31. The normalized spacial score (nSPS) is 12.1. The van der Waals surface area contributed by atoms with Crippen molar-refractivity contribution >= 4 is 45.0 Å². The zero-order chi connectivity index (χ0) is 17.2. The van der Waals surface area contributed by atoms with Gasteiger partial charge in [0.1, 0.15) is 0 Å². The summed E-state index contributed by atoms with van der Waals surface area (Å²) in [5.74, 6) is 0. The second-order valence-corrected chi connectivity index (χ2v) is 24.2. The van der Waals surface area contributed by atoms with Crippen molar-refractivity contribution in [3.05, 3.63) is 84.9 Å². The molecule has 1 nitrogen and oxygen atoms in total. The van der Waals surface area contributed by atoms with E-state index in [2.05, 4.69) is 33.0 Å². The van der Waals surface area contributed by atoms with Crippen LogP contribution in [0, 0.1) is 0 Å². The van der Waals surface area contributed by atoms with Crippen molar-refractivity contribution in [2.24, 2.45) is 0 Å². The molecule has 0 fully saturated rings. The van der Waals surface area contributed by atoms with Crippen LogP contribution in [0.4, 0.5) is 0 Å². The fourth-order valence-corrected chi connectivity index (χ4v) is 13.6. The number of rotatable bonds is 4. The van der Waals surface area contributed by atoms with Gasteiger partial charge < -0.3 is 0 Å². The first-order valence-electron chi connectivity index (χ1n) is 8.25. The van der Waals surface area contributed by atoms with E-state index in [1.54, 1.807) is 0 Å². The fourth-order valence-electron chi connectivity index (χ4n) is 3.09. The Balaban J connectivity index is 2.36. The van der Waals surface area contributed by atoms with E-state index in [1.165, 1.54) is 3.58 Å². The molecule has 0 aromatic heterocycles. The molecule has 0 amide bonds. The molecule has 0 spiro atoms. The van der Waals surface area contributed by atoms with Gasteiger partial charge in [0.15, 0.2) is 0 Å². The van der Waals surface area contributed by atoms with Gasteiger partial charge in [0.2, 0.25) is 0 Å². The summed E-state index contributed by atoms with van der Waals surface area (Å²) in [7, 11) is -2.86. The molecule has 24 heavy (non-hydrogen) atoms. The van der Waals surface area contributed by atoms with Crippen LogP contribution in [-0.4, -0.2) is 18.4 Å². The standard InChI is InChI=1S/C18H14OP.3CH3.Sn/c19-20(16-10-4-1-5-11-16,17-12-6-2-7-13-17)18-14-8-3-9-15-18;;;;/h1-14H;3*1H3;. The van der Waals surface area contributed by atoms with Crippen LogP contribution in [0.2, 0.25) is 14.8 Å². The quantitative estimate of drug-likeness (QED) is 0.444. The maximum absolute atomic E-state index is 14.5. The average Bonchev–Trinajstić information content (AvgIpc) is 2.62. The number of benzene rings is 3. The van der Waals surface area contributed by atoms with E-state index in [1.807, 2.05) is 66.7 Å². The van der Waals surface area contributed by atoms with E-state index in [-0.39, 0.29) is 0 Å². The molecule has 3 heteroatoms. The van der Waals surface area contributed by atoms with Crippen LogP contribution in [0.5, 0.6) is 0 Å². The Morgan fingerprint density at radius 2 is 1.04 bits per heavy atom. The van der Waals surface area contributed by atoms with E-state index in [0.29, 0.717) is 0 Å². The predicted octanol–water partition coefficient (Wildman–Crippen LogP) is 3.87. The van der Waals surface area contributed by atoms with Crippen molar-refractivity contribution in [2.75, 3.05) is 0 Å². The van der Waals surface area contributed by atoms with E-state index in [9.17, 15) is 4.57 Å². The summed E-state index contributed by atoms with van der Waals surface area (Å²) in [5, 5.41) is 2.86. The van der Waals surface area contributed by atoms with E-state index < -0.39 is 25.5 Å². The summed E-state index contributed by atoms with van der Waals surface area (Å²) in [6, 6.07) is 28.3. The fraction of sp³-hybridized carbons (Fsp3) is 0.143. The summed E-state index contributed by atoms with van der Waals surface area (Å²) in [4.78, 5) is 7.15. The Morgan fingerprint density at radius 1 is 0.625 bits per heavy atom. The molecule has 0 unspecified atom stereocenters. The third-order valence-electron chi connectivity index (χ3n) is 4.29. The monoisotopic (exact) mass is 442 g/mol. The Bertz CT molecular complexity index is 824. The van der Waals surface area contributed by atoms with Gasteiger partial charge in [-0.3, -0.25) is 0 Å². The van der Waals surface area contributed by atoms with Crippen molar-refractivity contribution in [2.45, 2.75) is 14.8 Å². The molecule has 0 heterocycles. The zero-order valence-electron chi connectivity index (χ0n) is 14.4. The second kappa shape index (κ2) is 6.90. The molecule has 3 rings (SSSR count). The maximum atomic E-state index is 14.5. The average molecular weight is 441 g/mol. The van der Waals surface area contributed by atoms with Gasteiger partial charge in [-0.2, -0.15) is 0 Å². The molecule has 122 valence electrons. The summed E-state index contributed by atoms with van der Waals surface area (Å²) >= 11 is -2.42. The van der Waals surface area contributed by atoms with Crippen molar-refractivity contribution in [1.82, 2.24) is 0 Å². The third-order valence-corrected chi connectivity index (χ3v) is 13.9. The van der Waals surface area contributed by atoms with Gasteiger partial charge in [-0.15, -0.1) is 0 Å². The Morgan fingerprint density at radius 3 is 1.50 bits per heavy atom. The van der Waals surface area contributed by atoms with Gasteiger partial charge >= 0.3 is 149 Å². The van der Waals surface area contributed by atoms with Gasteiger partial charge in [0.25, 0.3) is 0 Å². The molecule has 0 saturated carbocycles. The predicted molar refractivity (Wildman–Crippen MR) is 109 cm³/mol. The van der Waals surface area contributed by atoms with Crippen molar-refractivity contribution in [3.63, 3.8) is 0 Å². The molecule has 3 aromatic rings. The van der Waals surface area contributed by atoms with E-state index >= 15 is 0 Å². The minimum absolute atomic E-state index is 0.916. The van der Waals surface area contributed by atoms with Gasteiger partial charge in [-0.25, -0.2) is 0 Å². The summed E-state index contributed by atoms with van der Waals surface area (Å²) < 4.78 is 15.9. The first kappa shape index (κ1) is 17.5. The molecule has 0 aliphatic heterocycles. The van der Waals surface area contributed by atoms with Crippen LogP contribution >= 0.6 is 7.14 Å². The number of hydrogen-bond donors (Lipinski definition) is 0. The zero-order valence-corrected chi connectivity index (χ0v) is 18.2. The molecule has 0 radical (unpaired) electrons. The Kier molecular flexibility index (Phi) is 5.03. The molecule has 0 saturated heterocycles. The molecule has 0 aliphatic rings. The van der Waals surface area contributed by atoms with Gasteiger partial charge in [-0.05, 0) is 0 Å². The summed E-state index contributed by atoms with van der Waals surface area (Å²) in [6.45, 7) is 0. The number of hydrogen-bond acceptors (Lipinski definition) is 1. The van der Waals surface area contributed by atoms with E-state index in [4.69, 9.17) is 0 Å². The second-order valence-electron chi connectivity index (χ2n) is 7.05. The van der Waals surface area contributed by atoms with Crippen molar-refractivity contribution < 1.29 is 4.57 Å². The molecule has 0 atom stereocenters. The molecule has 0 bridgehead atoms. The summed E-state index contributed by atoms with van der Waals surface area (Å²) in [6.07, 6.45) is 0. The van der Waals surface area contributed by atoms with Crippen LogP contribution in [0.3, 0.4) is 0 Å². The first-order valence-corrected chi connectivity index (χ1v) is 19.9. The van der Waals surface area contributed by atoms with Gasteiger partial charge in [-0.1, -0.05) is 0 Å². The SMILES string of the molecule is [CH3][Sn]([CH3])([CH3])[c]1ccccc1P(=O)(c1ccccc1)c1ccccc1. The first-order chi connectivity index (χ1) is 11.4. The molecule has 0 N–H and O–H groups in total. The van der Waals surface area contributed by atoms with Crippen molar-refractivity contribution in [1.29, 1.82) is 0 Å². The van der Waals surface area contributed by atoms with Crippen LogP contribution in [0.1, 0.15) is 0 Å².